The van der Waals surface area contributed by atoms with Gasteiger partial charge >= 0.3 is 0 Å². The molecule has 0 atom stereocenters. The van der Waals surface area contributed by atoms with Crippen LogP contribution in [0.3, 0.4) is 0 Å². The highest BCUT2D eigenvalue weighted by atomic mass is 35.5. The molecule has 0 bridgehead atoms. The van der Waals surface area contributed by atoms with E-state index in [-0.39, 0.29) is 5.91 Å². The topological polar surface area (TPSA) is 67.4 Å². The van der Waals surface area contributed by atoms with Crippen molar-refractivity contribution in [3.8, 4) is 0 Å². The summed E-state index contributed by atoms with van der Waals surface area (Å²) in [5, 5.41) is 4.90. The third-order valence-electron chi connectivity index (χ3n) is 4.91. The van der Waals surface area contributed by atoms with Crippen molar-refractivity contribution >= 4 is 34.7 Å². The fourth-order valence-electron chi connectivity index (χ4n) is 3.43. The minimum atomic E-state index is -0.0485. The molecule has 2 aromatic rings. The van der Waals surface area contributed by atoms with Crippen molar-refractivity contribution < 1.29 is 9.53 Å². The highest BCUT2D eigenvalue weighted by molar-refractivity contribution is 7.11. The number of aryl methyl sites for hydroxylation is 2. The Balaban J connectivity index is 1.34. The van der Waals surface area contributed by atoms with E-state index in [9.17, 15) is 4.79 Å². The van der Waals surface area contributed by atoms with E-state index in [1.54, 1.807) is 17.2 Å². The Labute approximate surface area is 167 Å². The zero-order valence-corrected chi connectivity index (χ0v) is 16.7. The number of anilines is 1. The molecule has 2 aliphatic rings. The highest BCUT2D eigenvalue weighted by Gasteiger charge is 2.20. The highest BCUT2D eigenvalue weighted by Crippen LogP contribution is 2.27. The number of fused-ring (bicyclic) bond motifs is 1. The summed E-state index contributed by atoms with van der Waals surface area (Å²) in [6, 6.07) is 1.69. The number of nitrogens with one attached hydrogen (secondary N) is 1. The molecule has 1 aliphatic carbocycles. The van der Waals surface area contributed by atoms with Crippen molar-refractivity contribution in [3.63, 3.8) is 0 Å². The molecular formula is C19H23ClN4O2S. The van der Waals surface area contributed by atoms with Gasteiger partial charge in [0.05, 0.1) is 34.5 Å². The van der Waals surface area contributed by atoms with E-state index in [1.807, 2.05) is 11.3 Å². The second-order valence-corrected chi connectivity index (χ2v) is 8.40. The van der Waals surface area contributed by atoms with Gasteiger partial charge in [0, 0.05) is 37.1 Å². The second kappa shape index (κ2) is 8.54. The zero-order valence-electron chi connectivity index (χ0n) is 15.2. The SMILES string of the molecule is O=C(c1cnc(NCCc2nc3c(s2)CCCC3)c(Cl)c1)N1CCOCC1. The Morgan fingerprint density at radius 1 is 1.30 bits per heavy atom. The number of ether oxygens (including phenoxy) is 1. The Morgan fingerprint density at radius 2 is 2.11 bits per heavy atom. The molecule has 1 fully saturated rings. The van der Waals surface area contributed by atoms with Crippen LogP contribution in [0, 0.1) is 0 Å². The standard InChI is InChI=1S/C19H23ClN4O2S/c20-14-11-13(19(25)24-7-9-26-10-8-24)12-22-18(14)21-6-5-17-23-15-3-1-2-4-16(15)27-17/h11-12H,1-10H2,(H,21,22). The molecule has 144 valence electrons. The van der Waals surface area contributed by atoms with Crippen LogP contribution >= 0.6 is 22.9 Å². The van der Waals surface area contributed by atoms with Gasteiger partial charge in [-0.05, 0) is 31.7 Å². The van der Waals surface area contributed by atoms with Crippen LogP contribution in [-0.2, 0) is 24.0 Å². The van der Waals surface area contributed by atoms with Crippen LogP contribution in [-0.4, -0.2) is 53.6 Å². The predicted octanol–water partition coefficient (Wildman–Crippen LogP) is 3.20. The van der Waals surface area contributed by atoms with Gasteiger partial charge in [0.25, 0.3) is 5.91 Å². The largest absolute Gasteiger partial charge is 0.378 e. The zero-order chi connectivity index (χ0) is 18.6. The van der Waals surface area contributed by atoms with Gasteiger partial charge in [0.2, 0.25) is 0 Å². The summed E-state index contributed by atoms with van der Waals surface area (Å²) >= 11 is 8.18. The molecule has 0 unspecified atom stereocenters. The molecule has 0 radical (unpaired) electrons. The number of nitrogens with zero attached hydrogens (tertiary/aromatic N) is 3. The fourth-order valence-corrected chi connectivity index (χ4v) is 4.82. The maximum atomic E-state index is 12.5. The maximum absolute atomic E-state index is 12.5. The molecule has 4 rings (SSSR count). The smallest absolute Gasteiger partial charge is 0.255 e. The average molecular weight is 407 g/mol. The molecule has 0 saturated carbocycles. The number of morpholine rings is 1. The third-order valence-corrected chi connectivity index (χ3v) is 6.41. The van der Waals surface area contributed by atoms with Gasteiger partial charge in [0.15, 0.2) is 0 Å². The molecule has 1 amide bonds. The van der Waals surface area contributed by atoms with Crippen molar-refractivity contribution in [1.29, 1.82) is 0 Å². The minimum Gasteiger partial charge on any atom is -0.378 e. The quantitative estimate of drug-likeness (QED) is 0.825. The van der Waals surface area contributed by atoms with Crippen molar-refractivity contribution in [2.24, 2.45) is 0 Å². The number of amides is 1. The van der Waals surface area contributed by atoms with Crippen LogP contribution in [0.2, 0.25) is 5.02 Å². The number of halogens is 1. The van der Waals surface area contributed by atoms with Gasteiger partial charge in [-0.1, -0.05) is 11.6 Å². The summed E-state index contributed by atoms with van der Waals surface area (Å²) in [6.07, 6.45) is 7.27. The normalized spacial score (nSPS) is 16.9. The van der Waals surface area contributed by atoms with Gasteiger partial charge in [-0.3, -0.25) is 4.79 Å². The molecule has 0 spiro atoms. The lowest BCUT2D eigenvalue weighted by atomic mass is 10.0. The van der Waals surface area contributed by atoms with Crippen LogP contribution in [0.5, 0.6) is 0 Å². The van der Waals surface area contributed by atoms with Crippen LogP contribution < -0.4 is 5.32 Å². The molecule has 1 saturated heterocycles. The first-order chi connectivity index (χ1) is 13.2. The molecular weight excluding hydrogens is 384 g/mol. The van der Waals surface area contributed by atoms with Gasteiger partial charge in [-0.15, -0.1) is 11.3 Å². The molecule has 0 aromatic carbocycles. The molecule has 6 nitrogen and oxygen atoms in total. The number of hydrogen-bond acceptors (Lipinski definition) is 6. The molecule has 27 heavy (non-hydrogen) atoms. The van der Waals surface area contributed by atoms with E-state index in [4.69, 9.17) is 21.3 Å². The molecule has 2 aromatic heterocycles. The fraction of sp³-hybridized carbons (Fsp3) is 0.526. The van der Waals surface area contributed by atoms with Gasteiger partial charge < -0.3 is 15.0 Å². The van der Waals surface area contributed by atoms with Crippen LogP contribution in [0.25, 0.3) is 0 Å². The number of rotatable bonds is 5. The number of pyridine rings is 1. The summed E-state index contributed by atoms with van der Waals surface area (Å²) < 4.78 is 5.29. The number of hydrogen-bond donors (Lipinski definition) is 1. The van der Waals surface area contributed by atoms with E-state index in [1.165, 1.54) is 34.8 Å². The van der Waals surface area contributed by atoms with Gasteiger partial charge in [0.1, 0.15) is 5.82 Å². The Kier molecular flexibility index (Phi) is 5.90. The Morgan fingerprint density at radius 3 is 2.89 bits per heavy atom. The number of aromatic nitrogens is 2. The van der Waals surface area contributed by atoms with Gasteiger partial charge in [-0.25, -0.2) is 9.97 Å². The first kappa shape index (κ1) is 18.7. The Hall–Kier alpha value is -1.70. The van der Waals surface area contributed by atoms with Crippen LogP contribution in [0.15, 0.2) is 12.3 Å². The average Bonchev–Trinajstić information content (AvgIpc) is 3.12. The number of thiazole rings is 1. The second-order valence-electron chi connectivity index (χ2n) is 6.82. The summed E-state index contributed by atoms with van der Waals surface area (Å²) in [5.41, 5.74) is 1.81. The maximum Gasteiger partial charge on any atom is 0.255 e. The lowest BCUT2D eigenvalue weighted by Crippen LogP contribution is -2.40. The molecule has 8 heteroatoms. The summed E-state index contributed by atoms with van der Waals surface area (Å²) in [6.45, 7) is 3.08. The lowest BCUT2D eigenvalue weighted by Gasteiger charge is -2.26. The monoisotopic (exact) mass is 406 g/mol. The molecule has 1 N–H and O–H groups in total. The first-order valence-electron chi connectivity index (χ1n) is 9.44. The number of carbonyl (C=O) groups is 1. The summed E-state index contributed by atoms with van der Waals surface area (Å²) in [4.78, 5) is 24.8. The van der Waals surface area contributed by atoms with Crippen molar-refractivity contribution in [2.75, 3.05) is 38.2 Å². The number of carbonyl (C=O) groups excluding carboxylic acids is 1. The summed E-state index contributed by atoms with van der Waals surface area (Å²) in [7, 11) is 0. The first-order valence-corrected chi connectivity index (χ1v) is 10.6. The van der Waals surface area contributed by atoms with E-state index in [2.05, 4.69) is 10.3 Å². The van der Waals surface area contributed by atoms with E-state index < -0.39 is 0 Å². The summed E-state index contributed by atoms with van der Waals surface area (Å²) in [5.74, 6) is 0.559. The minimum absolute atomic E-state index is 0.0485. The van der Waals surface area contributed by atoms with E-state index in [0.717, 1.165) is 19.4 Å². The van der Waals surface area contributed by atoms with E-state index >= 15 is 0 Å². The van der Waals surface area contributed by atoms with Crippen molar-refractivity contribution in [3.05, 3.63) is 38.4 Å². The van der Waals surface area contributed by atoms with Crippen LogP contribution in [0.4, 0.5) is 5.82 Å². The van der Waals surface area contributed by atoms with Gasteiger partial charge in [-0.2, -0.15) is 0 Å². The van der Waals surface area contributed by atoms with Crippen LogP contribution in [0.1, 0.15) is 38.8 Å². The van der Waals surface area contributed by atoms with E-state index in [0.29, 0.717) is 42.7 Å². The third kappa shape index (κ3) is 4.42. The Bertz CT molecular complexity index is 797. The molecule has 3 heterocycles. The van der Waals surface area contributed by atoms with Crippen molar-refractivity contribution in [1.82, 2.24) is 14.9 Å². The lowest BCUT2D eigenvalue weighted by molar-refractivity contribution is 0.0302. The van der Waals surface area contributed by atoms with Crippen molar-refractivity contribution in [2.45, 2.75) is 32.1 Å². The molecule has 1 aliphatic heterocycles. The predicted molar refractivity (Wildman–Crippen MR) is 107 cm³/mol.